The van der Waals surface area contributed by atoms with Crippen LogP contribution in [0.3, 0.4) is 0 Å². The Hall–Kier alpha value is -1.67. The van der Waals surface area contributed by atoms with Gasteiger partial charge in [0.1, 0.15) is 11.5 Å². The molecule has 0 saturated heterocycles. The number of ether oxygens (including phenoxy) is 2. The van der Waals surface area contributed by atoms with Crippen LogP contribution >= 0.6 is 11.6 Å². The van der Waals surface area contributed by atoms with Crippen LogP contribution in [0.5, 0.6) is 11.5 Å². The Morgan fingerprint density at radius 1 is 1.11 bits per heavy atom. The highest BCUT2D eigenvalue weighted by Gasteiger charge is 2.23. The molecule has 0 aromatic heterocycles. The molecule has 1 aliphatic heterocycles. The van der Waals surface area contributed by atoms with Crippen LogP contribution in [0.4, 0.5) is 0 Å². The summed E-state index contributed by atoms with van der Waals surface area (Å²) in [5.41, 5.74) is 2.34. The highest BCUT2D eigenvalue weighted by Crippen LogP contribution is 2.33. The zero-order valence-electron chi connectivity index (χ0n) is 10.5. The van der Waals surface area contributed by atoms with Crippen LogP contribution in [0, 0.1) is 0 Å². The van der Waals surface area contributed by atoms with Gasteiger partial charge >= 0.3 is 0 Å². The largest absolute Gasteiger partial charge is 0.493 e. The molecular formula is C16H15ClO2. The van der Waals surface area contributed by atoms with Gasteiger partial charge in [-0.3, -0.25) is 0 Å². The number of hydrogen-bond donors (Lipinski definition) is 0. The second-order valence-electron chi connectivity index (χ2n) is 4.63. The second-order valence-corrected chi connectivity index (χ2v) is 4.90. The number of fused-ring (bicyclic) bond motifs is 1. The molecule has 0 N–H and O–H groups in total. The van der Waals surface area contributed by atoms with E-state index in [0.29, 0.717) is 25.0 Å². The topological polar surface area (TPSA) is 18.5 Å². The maximum absolute atomic E-state index is 5.82. The summed E-state index contributed by atoms with van der Waals surface area (Å²) in [5.74, 6) is 2.69. The number of halogens is 1. The van der Waals surface area contributed by atoms with Crippen LogP contribution in [-0.2, 0) is 5.88 Å². The van der Waals surface area contributed by atoms with Crippen molar-refractivity contribution in [3.63, 3.8) is 0 Å². The van der Waals surface area contributed by atoms with Gasteiger partial charge in [0.25, 0.3) is 0 Å². The minimum absolute atomic E-state index is 0.309. The molecule has 0 spiro atoms. The lowest BCUT2D eigenvalue weighted by atomic mass is 10.0. The van der Waals surface area contributed by atoms with Crippen LogP contribution in [0.25, 0.3) is 0 Å². The van der Waals surface area contributed by atoms with E-state index in [2.05, 4.69) is 6.07 Å². The van der Waals surface area contributed by atoms with Crippen molar-refractivity contribution in [2.24, 2.45) is 0 Å². The van der Waals surface area contributed by atoms with Crippen LogP contribution in [-0.4, -0.2) is 13.2 Å². The molecule has 2 aromatic carbocycles. The molecule has 1 heterocycles. The predicted octanol–water partition coefficient (Wildman–Crippen LogP) is 3.98. The van der Waals surface area contributed by atoms with Gasteiger partial charge in [0.2, 0.25) is 0 Å². The molecule has 1 aliphatic rings. The maximum Gasteiger partial charge on any atom is 0.123 e. The fourth-order valence-corrected chi connectivity index (χ4v) is 2.42. The maximum atomic E-state index is 5.82. The van der Waals surface area contributed by atoms with E-state index in [-0.39, 0.29) is 0 Å². The summed E-state index contributed by atoms with van der Waals surface area (Å²) in [4.78, 5) is 0. The van der Waals surface area contributed by atoms with Crippen LogP contribution in [0.15, 0.2) is 48.5 Å². The van der Waals surface area contributed by atoms with Gasteiger partial charge < -0.3 is 9.47 Å². The minimum Gasteiger partial charge on any atom is -0.493 e. The number of rotatable bonds is 4. The van der Waals surface area contributed by atoms with E-state index in [4.69, 9.17) is 21.1 Å². The van der Waals surface area contributed by atoms with Crippen molar-refractivity contribution in [3.8, 4) is 11.5 Å². The van der Waals surface area contributed by atoms with Gasteiger partial charge in [-0.25, -0.2) is 0 Å². The zero-order valence-corrected chi connectivity index (χ0v) is 11.3. The summed E-state index contributed by atoms with van der Waals surface area (Å²) in [6.45, 7) is 1.33. The Labute approximate surface area is 117 Å². The normalized spacial score (nSPS) is 16.8. The van der Waals surface area contributed by atoms with E-state index in [1.54, 1.807) is 0 Å². The minimum atomic E-state index is 0.309. The summed E-state index contributed by atoms with van der Waals surface area (Å²) in [5, 5.41) is 0. The Morgan fingerprint density at radius 3 is 2.68 bits per heavy atom. The van der Waals surface area contributed by atoms with E-state index < -0.39 is 0 Å². The Kier molecular flexibility index (Phi) is 3.60. The molecule has 3 heteroatoms. The molecule has 19 heavy (non-hydrogen) atoms. The SMILES string of the molecule is ClCc1ccc(OCC2COc3ccccc32)cc1. The second kappa shape index (κ2) is 5.54. The van der Waals surface area contributed by atoms with Gasteiger partial charge in [-0.15, -0.1) is 11.6 Å². The van der Waals surface area contributed by atoms with Crippen molar-refractivity contribution in [2.45, 2.75) is 11.8 Å². The Bertz CT molecular complexity index is 551. The number of benzene rings is 2. The highest BCUT2D eigenvalue weighted by molar-refractivity contribution is 6.17. The van der Waals surface area contributed by atoms with Crippen LogP contribution in [0.2, 0.25) is 0 Å². The molecule has 0 amide bonds. The van der Waals surface area contributed by atoms with Crippen molar-refractivity contribution < 1.29 is 9.47 Å². The van der Waals surface area contributed by atoms with E-state index in [0.717, 1.165) is 17.1 Å². The molecule has 2 aromatic rings. The van der Waals surface area contributed by atoms with E-state index in [9.17, 15) is 0 Å². The third kappa shape index (κ3) is 2.69. The monoisotopic (exact) mass is 274 g/mol. The fraction of sp³-hybridized carbons (Fsp3) is 0.250. The van der Waals surface area contributed by atoms with Gasteiger partial charge in [0.05, 0.1) is 19.1 Å². The first kappa shape index (κ1) is 12.4. The Morgan fingerprint density at radius 2 is 1.89 bits per heavy atom. The van der Waals surface area contributed by atoms with Crippen molar-refractivity contribution >= 4 is 11.6 Å². The van der Waals surface area contributed by atoms with E-state index in [1.165, 1.54) is 5.56 Å². The highest BCUT2D eigenvalue weighted by atomic mass is 35.5. The van der Waals surface area contributed by atoms with Crippen molar-refractivity contribution in [3.05, 3.63) is 59.7 Å². The molecule has 0 saturated carbocycles. The standard InChI is InChI=1S/C16H15ClO2/c17-9-12-5-7-14(8-6-12)18-10-13-11-19-16-4-2-1-3-15(13)16/h1-8,13H,9-11H2. The third-order valence-corrected chi connectivity index (χ3v) is 3.64. The first-order valence-electron chi connectivity index (χ1n) is 6.36. The van der Waals surface area contributed by atoms with Gasteiger partial charge in [0.15, 0.2) is 0 Å². The molecule has 1 atom stereocenters. The zero-order chi connectivity index (χ0) is 13.1. The van der Waals surface area contributed by atoms with Gasteiger partial charge in [-0.05, 0) is 23.8 Å². The number of alkyl halides is 1. The molecule has 0 radical (unpaired) electrons. The van der Waals surface area contributed by atoms with E-state index in [1.807, 2.05) is 42.5 Å². The van der Waals surface area contributed by atoms with Gasteiger partial charge in [-0.2, -0.15) is 0 Å². The quantitative estimate of drug-likeness (QED) is 0.785. The molecule has 0 fully saturated rings. The average Bonchev–Trinajstić information content (AvgIpc) is 2.89. The van der Waals surface area contributed by atoms with Gasteiger partial charge in [0, 0.05) is 11.4 Å². The lowest BCUT2D eigenvalue weighted by Gasteiger charge is -2.11. The first-order chi connectivity index (χ1) is 9.36. The van der Waals surface area contributed by atoms with E-state index >= 15 is 0 Å². The molecule has 0 bridgehead atoms. The molecular weight excluding hydrogens is 260 g/mol. The fourth-order valence-electron chi connectivity index (χ4n) is 2.24. The summed E-state index contributed by atoms with van der Waals surface area (Å²) in [6.07, 6.45) is 0. The van der Waals surface area contributed by atoms with Crippen LogP contribution < -0.4 is 9.47 Å². The van der Waals surface area contributed by atoms with Crippen molar-refractivity contribution in [1.29, 1.82) is 0 Å². The van der Waals surface area contributed by atoms with Crippen molar-refractivity contribution in [2.75, 3.05) is 13.2 Å². The lowest BCUT2D eigenvalue weighted by molar-refractivity contribution is 0.248. The lowest BCUT2D eigenvalue weighted by Crippen LogP contribution is -2.11. The molecule has 0 aliphatic carbocycles. The first-order valence-corrected chi connectivity index (χ1v) is 6.89. The van der Waals surface area contributed by atoms with Gasteiger partial charge in [-0.1, -0.05) is 30.3 Å². The van der Waals surface area contributed by atoms with Crippen molar-refractivity contribution in [1.82, 2.24) is 0 Å². The summed E-state index contributed by atoms with van der Waals surface area (Å²) < 4.78 is 11.5. The molecule has 98 valence electrons. The molecule has 2 nitrogen and oxygen atoms in total. The van der Waals surface area contributed by atoms with Crippen LogP contribution in [0.1, 0.15) is 17.0 Å². The smallest absolute Gasteiger partial charge is 0.123 e. The summed E-state index contributed by atoms with van der Waals surface area (Å²) in [7, 11) is 0. The molecule has 3 rings (SSSR count). The molecule has 1 unspecified atom stereocenters. The predicted molar refractivity (Wildman–Crippen MR) is 76.2 cm³/mol. The summed E-state index contributed by atoms with van der Waals surface area (Å²) in [6, 6.07) is 16.0. The number of para-hydroxylation sites is 1. The summed E-state index contributed by atoms with van der Waals surface area (Å²) >= 11 is 5.76. The number of hydrogen-bond acceptors (Lipinski definition) is 2. The average molecular weight is 275 g/mol. The Balaban J connectivity index is 1.64. The third-order valence-electron chi connectivity index (χ3n) is 3.33.